The van der Waals surface area contributed by atoms with Crippen LogP contribution in [0.5, 0.6) is 0 Å². The van der Waals surface area contributed by atoms with Gasteiger partial charge in [-0.1, -0.05) is 13.5 Å². The van der Waals surface area contributed by atoms with Gasteiger partial charge in [0.05, 0.1) is 35.6 Å². The van der Waals surface area contributed by atoms with E-state index < -0.39 is 11.5 Å². The lowest BCUT2D eigenvalue weighted by molar-refractivity contribution is 0.102. The van der Waals surface area contributed by atoms with E-state index in [9.17, 15) is 14.7 Å². The number of benzene rings is 1. The van der Waals surface area contributed by atoms with Crippen molar-refractivity contribution < 1.29 is 9.90 Å². The monoisotopic (exact) mass is 531 g/mol. The zero-order valence-electron chi connectivity index (χ0n) is 22.8. The van der Waals surface area contributed by atoms with Gasteiger partial charge >= 0.3 is 0 Å². The van der Waals surface area contributed by atoms with Crippen LogP contribution in [0.2, 0.25) is 0 Å². The van der Waals surface area contributed by atoms with E-state index in [-0.39, 0.29) is 12.2 Å². The van der Waals surface area contributed by atoms with Crippen molar-refractivity contribution in [2.45, 2.75) is 27.2 Å². The molecule has 0 radical (unpaired) electrons. The molecule has 2 aromatic heterocycles. The highest BCUT2D eigenvalue weighted by molar-refractivity contribution is 6.08. The van der Waals surface area contributed by atoms with Crippen molar-refractivity contribution in [2.75, 3.05) is 60.2 Å². The molecule has 0 atom stereocenters. The number of aromatic nitrogens is 2. The summed E-state index contributed by atoms with van der Waals surface area (Å²) in [7, 11) is 0. The van der Waals surface area contributed by atoms with Crippen LogP contribution in [0.15, 0.2) is 59.8 Å². The number of hydrogen-bond acceptors (Lipinski definition) is 8. The predicted molar refractivity (Wildman–Crippen MR) is 157 cm³/mol. The molecule has 0 saturated carbocycles. The molecule has 1 aromatic carbocycles. The number of amides is 1. The third-order valence-electron chi connectivity index (χ3n) is 7.02. The summed E-state index contributed by atoms with van der Waals surface area (Å²) in [5.41, 5.74) is 5.77. The Morgan fingerprint density at radius 1 is 1.10 bits per heavy atom. The van der Waals surface area contributed by atoms with Crippen molar-refractivity contribution in [1.82, 2.24) is 14.9 Å². The topological polar surface area (TPSA) is 126 Å². The Balaban J connectivity index is 1.48. The van der Waals surface area contributed by atoms with Crippen molar-refractivity contribution in [2.24, 2.45) is 0 Å². The number of piperazine rings is 1. The highest BCUT2D eigenvalue weighted by Gasteiger charge is 2.20. The molecule has 10 heteroatoms. The van der Waals surface area contributed by atoms with E-state index in [0.29, 0.717) is 23.6 Å². The van der Waals surface area contributed by atoms with Crippen LogP contribution in [0.1, 0.15) is 35.0 Å². The summed E-state index contributed by atoms with van der Waals surface area (Å²) in [6.45, 7) is 14.1. The Morgan fingerprint density at radius 2 is 1.82 bits per heavy atom. The summed E-state index contributed by atoms with van der Waals surface area (Å²) in [6.07, 6.45) is 4.11. The smallest absolute Gasteiger partial charge is 0.263 e. The summed E-state index contributed by atoms with van der Waals surface area (Å²) in [5.74, 6) is -0.518. The van der Waals surface area contributed by atoms with Crippen molar-refractivity contribution >= 4 is 34.3 Å². The highest BCUT2D eigenvalue weighted by atomic mass is 16.3. The van der Waals surface area contributed by atoms with Gasteiger partial charge in [-0.3, -0.25) is 14.6 Å². The Kier molecular flexibility index (Phi) is 8.88. The van der Waals surface area contributed by atoms with Gasteiger partial charge in [-0.2, -0.15) is 0 Å². The van der Waals surface area contributed by atoms with Crippen LogP contribution in [0.3, 0.4) is 0 Å². The number of H-pyrrole nitrogens is 1. The third-order valence-corrected chi connectivity index (χ3v) is 7.02. The molecular weight excluding hydrogens is 494 g/mol. The lowest BCUT2D eigenvalue weighted by Crippen LogP contribution is -2.45. The molecule has 1 aliphatic rings. The van der Waals surface area contributed by atoms with Crippen LogP contribution in [0.25, 0.3) is 0 Å². The van der Waals surface area contributed by atoms with E-state index in [2.05, 4.69) is 49.2 Å². The summed E-state index contributed by atoms with van der Waals surface area (Å²) in [4.78, 5) is 37.6. The molecule has 206 valence electrons. The van der Waals surface area contributed by atoms with Crippen LogP contribution in [-0.4, -0.2) is 65.2 Å². The fraction of sp³-hybridized carbons (Fsp3) is 0.345. The molecule has 0 bridgehead atoms. The maximum atomic E-state index is 13.3. The molecular formula is C29H37N7O3. The number of nitrogens with zero attached hydrogens (tertiary/aromatic N) is 3. The maximum Gasteiger partial charge on any atom is 0.263 e. The Bertz CT molecular complexity index is 1380. The SMILES string of the molecule is C=C(CC)N1CCN(c2ccc(NC(=O)c3c(Nc4cnc(C)c(NCCO)c4C)cc[nH]c3=O)cc2)CC1. The molecule has 0 spiro atoms. The molecule has 1 fully saturated rings. The number of allylic oxidation sites excluding steroid dienone is 1. The molecule has 5 N–H and O–H groups in total. The van der Waals surface area contributed by atoms with E-state index in [1.165, 1.54) is 11.9 Å². The number of pyridine rings is 2. The zero-order chi connectivity index (χ0) is 27.9. The van der Waals surface area contributed by atoms with Gasteiger partial charge in [-0.25, -0.2) is 0 Å². The minimum absolute atomic E-state index is 0.0123. The molecule has 3 aromatic rings. The number of aryl methyl sites for hydroxylation is 1. The van der Waals surface area contributed by atoms with Crippen LogP contribution >= 0.6 is 0 Å². The first-order chi connectivity index (χ1) is 18.8. The molecule has 39 heavy (non-hydrogen) atoms. The second kappa shape index (κ2) is 12.5. The summed E-state index contributed by atoms with van der Waals surface area (Å²) in [5, 5.41) is 18.4. The number of aromatic amines is 1. The average Bonchev–Trinajstić information content (AvgIpc) is 2.94. The first kappa shape index (κ1) is 27.7. The predicted octanol–water partition coefficient (Wildman–Crippen LogP) is 3.83. The van der Waals surface area contributed by atoms with Gasteiger partial charge in [0.15, 0.2) is 0 Å². The lowest BCUT2D eigenvalue weighted by Gasteiger charge is -2.38. The van der Waals surface area contributed by atoms with Crippen LogP contribution in [0, 0.1) is 13.8 Å². The number of carbonyl (C=O) groups is 1. The van der Waals surface area contributed by atoms with Gasteiger partial charge in [0.2, 0.25) is 0 Å². The van der Waals surface area contributed by atoms with Gasteiger partial charge in [0.25, 0.3) is 11.5 Å². The molecule has 0 unspecified atom stereocenters. The van der Waals surface area contributed by atoms with Gasteiger partial charge in [0.1, 0.15) is 5.56 Å². The number of rotatable bonds is 10. The molecule has 3 heterocycles. The van der Waals surface area contributed by atoms with Gasteiger partial charge in [0, 0.05) is 56.0 Å². The minimum atomic E-state index is -0.518. The maximum absolute atomic E-state index is 13.3. The van der Waals surface area contributed by atoms with E-state index in [1.807, 2.05) is 38.1 Å². The van der Waals surface area contributed by atoms with E-state index in [0.717, 1.165) is 55.2 Å². The van der Waals surface area contributed by atoms with Crippen molar-refractivity contribution in [3.8, 4) is 0 Å². The number of aliphatic hydroxyl groups excluding tert-OH is 1. The van der Waals surface area contributed by atoms with Crippen LogP contribution in [0.4, 0.5) is 28.4 Å². The molecule has 1 aliphatic heterocycles. The van der Waals surface area contributed by atoms with Crippen molar-refractivity contribution in [1.29, 1.82) is 0 Å². The lowest BCUT2D eigenvalue weighted by atomic mass is 10.1. The quantitative estimate of drug-likeness (QED) is 0.267. The number of aliphatic hydroxyl groups is 1. The summed E-state index contributed by atoms with van der Waals surface area (Å²) < 4.78 is 0. The molecule has 0 aliphatic carbocycles. The number of nitrogens with one attached hydrogen (secondary N) is 4. The molecule has 1 saturated heterocycles. The van der Waals surface area contributed by atoms with Crippen molar-refractivity contribution in [3.63, 3.8) is 0 Å². The van der Waals surface area contributed by atoms with Crippen molar-refractivity contribution in [3.05, 3.63) is 82.2 Å². The highest BCUT2D eigenvalue weighted by Crippen LogP contribution is 2.29. The second-order valence-corrected chi connectivity index (χ2v) is 9.52. The Labute approximate surface area is 228 Å². The van der Waals surface area contributed by atoms with Gasteiger partial charge in [-0.15, -0.1) is 0 Å². The van der Waals surface area contributed by atoms with E-state index >= 15 is 0 Å². The average molecular weight is 532 g/mol. The van der Waals surface area contributed by atoms with Gasteiger partial charge < -0.3 is 35.8 Å². The largest absolute Gasteiger partial charge is 0.395 e. The van der Waals surface area contributed by atoms with Gasteiger partial charge in [-0.05, 0) is 56.2 Å². The number of hydrogen-bond donors (Lipinski definition) is 5. The van der Waals surface area contributed by atoms with E-state index in [4.69, 9.17) is 0 Å². The number of carbonyl (C=O) groups excluding carboxylic acids is 1. The fourth-order valence-electron chi connectivity index (χ4n) is 4.70. The Morgan fingerprint density at radius 3 is 2.49 bits per heavy atom. The van der Waals surface area contributed by atoms with E-state index in [1.54, 1.807) is 12.3 Å². The molecule has 1 amide bonds. The fourth-order valence-corrected chi connectivity index (χ4v) is 4.70. The molecule has 4 rings (SSSR count). The second-order valence-electron chi connectivity index (χ2n) is 9.52. The first-order valence-corrected chi connectivity index (χ1v) is 13.2. The third kappa shape index (κ3) is 6.40. The Hall–Kier alpha value is -4.31. The van der Waals surface area contributed by atoms with Crippen LogP contribution < -0.4 is 26.4 Å². The summed E-state index contributed by atoms with van der Waals surface area (Å²) in [6, 6.07) is 9.31. The molecule has 10 nitrogen and oxygen atoms in total. The first-order valence-electron chi connectivity index (χ1n) is 13.2. The number of anilines is 5. The van der Waals surface area contributed by atoms with Crippen LogP contribution in [-0.2, 0) is 0 Å². The summed E-state index contributed by atoms with van der Waals surface area (Å²) >= 11 is 0. The minimum Gasteiger partial charge on any atom is -0.395 e. The normalized spacial score (nSPS) is 13.2. The zero-order valence-corrected chi connectivity index (χ0v) is 22.8. The standard InChI is InChI=1S/C29H37N7O3/c1-5-19(2)35-13-15-36(16-14-35)23-8-6-22(7-9-23)33-29(39)26-24(10-11-31-28(26)38)34-25-18-32-21(4)27(20(25)3)30-12-17-37/h6-11,18,30,37H,2,5,12-17H2,1,3-4H3,(H,33,39)(H2,31,34,38).